The highest BCUT2D eigenvalue weighted by molar-refractivity contribution is 6.67. The van der Waals surface area contributed by atoms with Gasteiger partial charge in [-0.1, -0.05) is 36.4 Å². The van der Waals surface area contributed by atoms with Crippen molar-refractivity contribution in [3.63, 3.8) is 0 Å². The second-order valence-corrected chi connectivity index (χ2v) is 3.05. The lowest BCUT2D eigenvalue weighted by molar-refractivity contribution is -0.0558. The molecular formula is C10H7ClF3N. The van der Waals surface area contributed by atoms with Crippen molar-refractivity contribution in [2.75, 3.05) is 0 Å². The van der Waals surface area contributed by atoms with Gasteiger partial charge < -0.3 is 0 Å². The van der Waals surface area contributed by atoms with E-state index in [1.165, 1.54) is 12.1 Å². The van der Waals surface area contributed by atoms with Crippen molar-refractivity contribution in [2.24, 2.45) is 4.99 Å². The standard InChI is InChI=1S/C10H7ClF3N/c1-2-7-3-5-8(6-4-7)15-9(11)10(12,13)14/h2-6H,1H2. The van der Waals surface area contributed by atoms with Crippen LogP contribution in [-0.2, 0) is 0 Å². The first kappa shape index (κ1) is 11.8. The smallest absolute Gasteiger partial charge is 0.232 e. The number of halogens is 4. The Labute approximate surface area is 89.9 Å². The number of rotatable bonds is 2. The lowest BCUT2D eigenvalue weighted by atomic mass is 10.2. The Kier molecular flexibility index (Phi) is 3.52. The molecule has 0 unspecified atom stereocenters. The predicted molar refractivity (Wildman–Crippen MR) is 55.5 cm³/mol. The average Bonchev–Trinajstić information content (AvgIpc) is 2.17. The summed E-state index contributed by atoms with van der Waals surface area (Å²) in [5.41, 5.74) is 0.958. The third-order valence-corrected chi connectivity index (χ3v) is 1.89. The molecule has 0 heterocycles. The number of alkyl halides is 3. The summed E-state index contributed by atoms with van der Waals surface area (Å²) >= 11 is 4.97. The van der Waals surface area contributed by atoms with Gasteiger partial charge in [-0.15, -0.1) is 0 Å². The van der Waals surface area contributed by atoms with Gasteiger partial charge in [-0.05, 0) is 17.7 Å². The molecule has 0 aliphatic carbocycles. The average molecular weight is 234 g/mol. The summed E-state index contributed by atoms with van der Waals surface area (Å²) in [6.07, 6.45) is -3.02. The third kappa shape index (κ3) is 3.40. The van der Waals surface area contributed by atoms with Crippen molar-refractivity contribution in [1.82, 2.24) is 0 Å². The summed E-state index contributed by atoms with van der Waals surface area (Å²) in [4.78, 5) is 3.23. The van der Waals surface area contributed by atoms with Crippen molar-refractivity contribution < 1.29 is 13.2 Å². The Morgan fingerprint density at radius 1 is 1.27 bits per heavy atom. The molecule has 0 radical (unpaired) electrons. The largest absolute Gasteiger partial charge is 0.444 e. The van der Waals surface area contributed by atoms with E-state index in [2.05, 4.69) is 11.6 Å². The lowest BCUT2D eigenvalue weighted by Crippen LogP contribution is -2.16. The second kappa shape index (κ2) is 4.49. The molecule has 0 saturated carbocycles. The molecule has 1 rings (SSSR count). The van der Waals surface area contributed by atoms with Crippen molar-refractivity contribution in [3.8, 4) is 0 Å². The van der Waals surface area contributed by atoms with E-state index in [4.69, 9.17) is 11.6 Å². The third-order valence-electron chi connectivity index (χ3n) is 1.59. The lowest BCUT2D eigenvalue weighted by Gasteiger charge is -2.02. The molecule has 0 aliphatic heterocycles. The van der Waals surface area contributed by atoms with E-state index in [-0.39, 0.29) is 5.69 Å². The van der Waals surface area contributed by atoms with Crippen molar-refractivity contribution in [3.05, 3.63) is 36.4 Å². The predicted octanol–water partition coefficient (Wildman–Crippen LogP) is 4.16. The van der Waals surface area contributed by atoms with Crippen LogP contribution in [0, 0.1) is 0 Å². The van der Waals surface area contributed by atoms with E-state index in [0.29, 0.717) is 0 Å². The Balaban J connectivity index is 2.94. The van der Waals surface area contributed by atoms with Crippen LogP contribution in [0.1, 0.15) is 5.56 Å². The number of hydrogen-bond acceptors (Lipinski definition) is 1. The van der Waals surface area contributed by atoms with Gasteiger partial charge in [0.1, 0.15) is 0 Å². The van der Waals surface area contributed by atoms with Crippen molar-refractivity contribution in [2.45, 2.75) is 6.18 Å². The molecule has 0 aromatic heterocycles. The van der Waals surface area contributed by atoms with Crippen molar-refractivity contribution in [1.29, 1.82) is 0 Å². The fraction of sp³-hybridized carbons (Fsp3) is 0.100. The van der Waals surface area contributed by atoms with E-state index in [9.17, 15) is 13.2 Å². The maximum absolute atomic E-state index is 12.0. The van der Waals surface area contributed by atoms with Gasteiger partial charge in [0, 0.05) is 0 Å². The van der Waals surface area contributed by atoms with E-state index >= 15 is 0 Å². The molecule has 0 spiro atoms. The zero-order valence-electron chi connectivity index (χ0n) is 7.55. The Hall–Kier alpha value is -1.29. The van der Waals surface area contributed by atoms with Gasteiger partial charge >= 0.3 is 6.18 Å². The van der Waals surface area contributed by atoms with Gasteiger partial charge in [-0.25, -0.2) is 4.99 Å². The first-order valence-corrected chi connectivity index (χ1v) is 4.35. The fourth-order valence-corrected chi connectivity index (χ4v) is 0.959. The number of nitrogens with zero attached hydrogens (tertiary/aromatic N) is 1. The van der Waals surface area contributed by atoms with E-state index in [1.807, 2.05) is 0 Å². The SMILES string of the molecule is C=Cc1ccc(N=C(Cl)C(F)(F)F)cc1. The highest BCUT2D eigenvalue weighted by Crippen LogP contribution is 2.23. The minimum absolute atomic E-state index is 0.155. The summed E-state index contributed by atoms with van der Waals surface area (Å²) in [5.74, 6) is 0. The normalized spacial score (nSPS) is 12.7. The first-order valence-electron chi connectivity index (χ1n) is 3.97. The van der Waals surface area contributed by atoms with Crippen molar-refractivity contribution >= 4 is 28.5 Å². The molecule has 80 valence electrons. The highest BCUT2D eigenvalue weighted by atomic mass is 35.5. The van der Waals surface area contributed by atoms with Gasteiger partial charge in [0.2, 0.25) is 5.17 Å². The van der Waals surface area contributed by atoms with Crippen LogP contribution < -0.4 is 0 Å². The van der Waals surface area contributed by atoms with Gasteiger partial charge in [0.25, 0.3) is 0 Å². The summed E-state index contributed by atoms with van der Waals surface area (Å²) in [6.45, 7) is 3.52. The molecular weight excluding hydrogens is 227 g/mol. The van der Waals surface area contributed by atoms with Crippen LogP contribution in [0.2, 0.25) is 0 Å². The van der Waals surface area contributed by atoms with E-state index in [1.54, 1.807) is 18.2 Å². The van der Waals surface area contributed by atoms with Gasteiger partial charge in [-0.3, -0.25) is 0 Å². The summed E-state index contributed by atoms with van der Waals surface area (Å²) < 4.78 is 36.0. The molecule has 15 heavy (non-hydrogen) atoms. The number of benzene rings is 1. The Morgan fingerprint density at radius 2 is 1.80 bits per heavy atom. The van der Waals surface area contributed by atoms with Gasteiger partial charge in [0.05, 0.1) is 5.69 Å². The van der Waals surface area contributed by atoms with Crippen LogP contribution in [-0.4, -0.2) is 11.3 Å². The molecule has 0 atom stereocenters. The summed E-state index contributed by atoms with van der Waals surface area (Å²) in [7, 11) is 0. The topological polar surface area (TPSA) is 12.4 Å². The molecule has 5 heteroatoms. The minimum Gasteiger partial charge on any atom is -0.232 e. The van der Waals surface area contributed by atoms with Crippen LogP contribution in [0.25, 0.3) is 6.08 Å². The molecule has 0 bridgehead atoms. The molecule has 0 saturated heterocycles. The summed E-state index contributed by atoms with van der Waals surface area (Å²) in [5, 5.41) is -1.38. The molecule has 1 nitrogen and oxygen atoms in total. The van der Waals surface area contributed by atoms with Gasteiger partial charge in [0.15, 0.2) is 0 Å². The molecule has 0 amide bonds. The first-order chi connectivity index (χ1) is 6.93. The van der Waals surface area contributed by atoms with Gasteiger partial charge in [-0.2, -0.15) is 13.2 Å². The molecule has 1 aromatic rings. The monoisotopic (exact) mass is 233 g/mol. The maximum atomic E-state index is 12.0. The molecule has 0 fully saturated rings. The van der Waals surface area contributed by atoms with E-state index < -0.39 is 11.3 Å². The second-order valence-electron chi connectivity index (χ2n) is 2.70. The fourth-order valence-electron chi connectivity index (χ4n) is 0.862. The minimum atomic E-state index is -4.60. The quantitative estimate of drug-likeness (QED) is 0.680. The van der Waals surface area contributed by atoms with E-state index in [0.717, 1.165) is 5.56 Å². The van der Waals surface area contributed by atoms with Crippen LogP contribution in [0.5, 0.6) is 0 Å². The highest BCUT2D eigenvalue weighted by Gasteiger charge is 2.34. The Morgan fingerprint density at radius 3 is 2.20 bits per heavy atom. The zero-order valence-corrected chi connectivity index (χ0v) is 8.31. The molecule has 0 aliphatic rings. The molecule has 1 aromatic carbocycles. The van der Waals surface area contributed by atoms with Crippen LogP contribution in [0.3, 0.4) is 0 Å². The zero-order chi connectivity index (χ0) is 11.5. The maximum Gasteiger partial charge on any atom is 0.444 e. The number of aliphatic imine (C=N–C) groups is 1. The molecule has 0 N–H and O–H groups in total. The van der Waals surface area contributed by atoms with Crippen LogP contribution >= 0.6 is 11.6 Å². The Bertz CT molecular complexity index is 379. The summed E-state index contributed by atoms with van der Waals surface area (Å²) in [6, 6.07) is 6.08. The number of hydrogen-bond donors (Lipinski definition) is 0. The van der Waals surface area contributed by atoms with Crippen LogP contribution in [0.4, 0.5) is 18.9 Å². The van der Waals surface area contributed by atoms with Crippen LogP contribution in [0.15, 0.2) is 35.8 Å².